The summed E-state index contributed by atoms with van der Waals surface area (Å²) in [5.74, 6) is 1.35. The van der Waals surface area contributed by atoms with E-state index in [0.717, 1.165) is 12.8 Å². The summed E-state index contributed by atoms with van der Waals surface area (Å²) in [7, 11) is 0. The van der Waals surface area contributed by atoms with Crippen LogP contribution in [0.3, 0.4) is 0 Å². The van der Waals surface area contributed by atoms with Gasteiger partial charge in [-0.25, -0.2) is 0 Å². The Labute approximate surface area is 118 Å². The number of rotatable bonds is 5. The summed E-state index contributed by atoms with van der Waals surface area (Å²) in [5.41, 5.74) is 1.01. The van der Waals surface area contributed by atoms with Gasteiger partial charge in [-0.05, 0) is 43.4 Å². The van der Waals surface area contributed by atoms with Gasteiger partial charge < -0.3 is 4.74 Å². The Morgan fingerprint density at radius 2 is 2.30 bits per heavy atom. The summed E-state index contributed by atoms with van der Waals surface area (Å²) in [6.45, 7) is 4.08. The lowest BCUT2D eigenvalue weighted by atomic mass is 9.42. The van der Waals surface area contributed by atoms with Crippen LogP contribution >= 0.6 is 0 Å². The monoisotopic (exact) mass is 279 g/mol. The Morgan fingerprint density at radius 1 is 1.55 bits per heavy atom. The molecule has 0 bridgehead atoms. The van der Waals surface area contributed by atoms with Gasteiger partial charge in [0, 0.05) is 4.92 Å². The van der Waals surface area contributed by atoms with Crippen LogP contribution < -0.4 is 0 Å². The molecule has 5 nitrogen and oxygen atoms in total. The summed E-state index contributed by atoms with van der Waals surface area (Å²) in [6.07, 6.45) is 4.61. The van der Waals surface area contributed by atoms with Gasteiger partial charge in [-0.3, -0.25) is 14.9 Å². The summed E-state index contributed by atoms with van der Waals surface area (Å²) >= 11 is 0. The molecule has 5 heteroatoms. The summed E-state index contributed by atoms with van der Waals surface area (Å²) < 4.78 is 5.04. The minimum Gasteiger partial charge on any atom is -0.466 e. The number of esters is 1. The van der Waals surface area contributed by atoms with Crippen molar-refractivity contribution in [3.8, 4) is 0 Å². The molecular formula is C15H21NO4. The van der Waals surface area contributed by atoms with Crippen molar-refractivity contribution >= 4 is 5.97 Å². The topological polar surface area (TPSA) is 69.4 Å². The van der Waals surface area contributed by atoms with Gasteiger partial charge in [0.1, 0.15) is 0 Å². The average molecular weight is 279 g/mol. The third-order valence-electron chi connectivity index (χ3n) is 5.71. The van der Waals surface area contributed by atoms with Crippen LogP contribution in [0.25, 0.3) is 0 Å². The zero-order valence-corrected chi connectivity index (χ0v) is 12.0. The molecule has 0 aromatic heterocycles. The Morgan fingerprint density at radius 3 is 2.95 bits per heavy atom. The van der Waals surface area contributed by atoms with E-state index < -0.39 is 5.41 Å². The third kappa shape index (κ3) is 1.86. The molecular weight excluding hydrogens is 258 g/mol. The van der Waals surface area contributed by atoms with E-state index in [-0.39, 0.29) is 35.7 Å². The van der Waals surface area contributed by atoms with Gasteiger partial charge in [-0.2, -0.15) is 0 Å². The van der Waals surface area contributed by atoms with Crippen LogP contribution in [-0.2, 0) is 9.53 Å². The molecule has 3 aliphatic rings. The number of hydrogen-bond acceptors (Lipinski definition) is 4. The zero-order chi connectivity index (χ0) is 14.5. The molecule has 0 aromatic carbocycles. The highest BCUT2D eigenvalue weighted by Crippen LogP contribution is 2.68. The van der Waals surface area contributed by atoms with E-state index >= 15 is 0 Å². The highest BCUT2D eigenvalue weighted by molar-refractivity contribution is 5.71. The minimum atomic E-state index is -0.491. The predicted octanol–water partition coefficient (Wildman–Crippen LogP) is 2.43. The quantitative estimate of drug-likeness (QED) is 0.335. The molecule has 3 rings (SSSR count). The van der Waals surface area contributed by atoms with Crippen LogP contribution in [0.2, 0.25) is 0 Å². The Kier molecular flexibility index (Phi) is 3.10. The molecule has 0 radical (unpaired) electrons. The Balaban J connectivity index is 1.81. The van der Waals surface area contributed by atoms with Gasteiger partial charge in [0.05, 0.1) is 18.4 Å². The number of carbonyl (C=O) groups excluding carboxylic acids is 1. The first-order chi connectivity index (χ1) is 9.49. The lowest BCUT2D eigenvalue weighted by Gasteiger charge is -2.59. The molecule has 0 aliphatic heterocycles. The summed E-state index contributed by atoms with van der Waals surface area (Å²) in [4.78, 5) is 22.7. The van der Waals surface area contributed by atoms with Crippen molar-refractivity contribution in [2.45, 2.75) is 33.1 Å². The molecule has 0 aromatic rings. The number of nitrogens with zero attached hydrogens (tertiary/aromatic N) is 1. The van der Waals surface area contributed by atoms with Gasteiger partial charge in [0.25, 0.3) is 0 Å². The summed E-state index contributed by atoms with van der Waals surface area (Å²) in [5, 5.41) is 11.1. The predicted molar refractivity (Wildman–Crippen MR) is 72.5 cm³/mol. The Hall–Kier alpha value is -1.39. The lowest BCUT2D eigenvalue weighted by Crippen LogP contribution is -2.61. The van der Waals surface area contributed by atoms with Crippen LogP contribution in [0.4, 0.5) is 0 Å². The smallest absolute Gasteiger partial charge is 0.306 e. The molecule has 1 unspecified atom stereocenters. The third-order valence-corrected chi connectivity index (χ3v) is 5.71. The second kappa shape index (κ2) is 4.57. The highest BCUT2D eigenvalue weighted by atomic mass is 16.6. The molecule has 3 aliphatic carbocycles. The standard InChI is InChI=1S/C15H21NO4/c1-3-20-13(17)7-15(8-16(18)19)9(2)14-11-6-10(11)4-5-12(14)15/h6,9-10,12,14H,3-5,7-8H2,1-2H3/t9-,10+,12+,14?,15+/m1/s1. The molecule has 20 heavy (non-hydrogen) atoms. The van der Waals surface area contributed by atoms with Crippen molar-refractivity contribution in [1.82, 2.24) is 0 Å². The normalized spacial score (nSPS) is 40.8. The maximum absolute atomic E-state index is 11.9. The highest BCUT2D eigenvalue weighted by Gasteiger charge is 2.67. The van der Waals surface area contributed by atoms with E-state index in [1.54, 1.807) is 6.92 Å². The fourth-order valence-corrected chi connectivity index (χ4v) is 4.75. The van der Waals surface area contributed by atoms with E-state index in [4.69, 9.17) is 4.74 Å². The number of fused-ring (bicyclic) bond motifs is 3. The first-order valence-corrected chi connectivity index (χ1v) is 7.48. The molecule has 5 atom stereocenters. The average Bonchev–Trinajstić information content (AvgIpc) is 3.14. The van der Waals surface area contributed by atoms with Crippen molar-refractivity contribution in [3.05, 3.63) is 21.8 Å². The van der Waals surface area contributed by atoms with Crippen molar-refractivity contribution in [3.63, 3.8) is 0 Å². The fourth-order valence-electron chi connectivity index (χ4n) is 4.75. The van der Waals surface area contributed by atoms with E-state index in [1.807, 2.05) is 0 Å². The second-order valence-corrected chi connectivity index (χ2v) is 6.48. The van der Waals surface area contributed by atoms with Crippen molar-refractivity contribution in [1.29, 1.82) is 0 Å². The number of allylic oxidation sites excluding steroid dienone is 2. The van der Waals surface area contributed by atoms with Crippen molar-refractivity contribution < 1.29 is 14.5 Å². The second-order valence-electron chi connectivity index (χ2n) is 6.48. The van der Waals surface area contributed by atoms with Crippen LogP contribution in [0.5, 0.6) is 0 Å². The van der Waals surface area contributed by atoms with Crippen molar-refractivity contribution in [2.75, 3.05) is 13.2 Å². The molecule has 110 valence electrons. The molecule has 0 N–H and O–H groups in total. The molecule has 0 heterocycles. The molecule has 2 saturated carbocycles. The maximum Gasteiger partial charge on any atom is 0.306 e. The molecule has 0 amide bonds. The van der Waals surface area contributed by atoms with Gasteiger partial charge in [-0.15, -0.1) is 0 Å². The Bertz CT molecular complexity index is 486. The van der Waals surface area contributed by atoms with E-state index in [9.17, 15) is 14.9 Å². The van der Waals surface area contributed by atoms with Crippen LogP contribution in [0.15, 0.2) is 11.6 Å². The van der Waals surface area contributed by atoms with Crippen molar-refractivity contribution in [2.24, 2.45) is 29.1 Å². The van der Waals surface area contributed by atoms with Crippen LogP contribution in [0, 0.1) is 39.2 Å². The first kappa shape index (κ1) is 13.6. The van der Waals surface area contributed by atoms with Crippen LogP contribution in [0.1, 0.15) is 33.1 Å². The van der Waals surface area contributed by atoms with E-state index in [0.29, 0.717) is 18.4 Å². The first-order valence-electron chi connectivity index (χ1n) is 7.48. The number of hydrogen-bond donors (Lipinski definition) is 0. The lowest BCUT2D eigenvalue weighted by molar-refractivity contribution is -0.511. The zero-order valence-electron chi connectivity index (χ0n) is 12.0. The van der Waals surface area contributed by atoms with Gasteiger partial charge in [0.2, 0.25) is 6.54 Å². The van der Waals surface area contributed by atoms with Crippen LogP contribution in [-0.4, -0.2) is 24.0 Å². The number of nitro groups is 1. The minimum absolute atomic E-state index is 0.105. The van der Waals surface area contributed by atoms with Gasteiger partial charge in [-0.1, -0.05) is 18.6 Å². The molecule has 0 saturated heterocycles. The van der Waals surface area contributed by atoms with E-state index in [1.165, 1.54) is 5.57 Å². The molecule has 0 spiro atoms. The van der Waals surface area contributed by atoms with E-state index in [2.05, 4.69) is 13.0 Å². The van der Waals surface area contributed by atoms with Gasteiger partial charge in [0.15, 0.2) is 0 Å². The largest absolute Gasteiger partial charge is 0.466 e. The van der Waals surface area contributed by atoms with Gasteiger partial charge >= 0.3 is 5.97 Å². The SMILES string of the molecule is CCOC(=O)C[C@]1(C[N+](=O)[O-])[C@H](C)C2C3=C[C@@H]3CC[C@@H]21. The number of ether oxygens (including phenoxy) is 1. The summed E-state index contributed by atoms with van der Waals surface area (Å²) in [6, 6.07) is 0. The number of carbonyl (C=O) groups is 1. The maximum atomic E-state index is 11.9. The fraction of sp³-hybridized carbons (Fsp3) is 0.800. The molecule has 2 fully saturated rings.